The fraction of sp³-hybridized carbons (Fsp3) is 0.591. The number of hydrogen-bond donors (Lipinski definition) is 3. The van der Waals surface area contributed by atoms with Gasteiger partial charge in [0, 0.05) is 30.2 Å². The lowest BCUT2D eigenvalue weighted by Crippen LogP contribution is -2.49. The molecule has 182 valence electrons. The summed E-state index contributed by atoms with van der Waals surface area (Å²) in [5, 5.41) is 2.75. The van der Waals surface area contributed by atoms with Gasteiger partial charge in [0.15, 0.2) is 6.29 Å². The average molecular weight is 499 g/mol. The molecule has 3 rings (SSSR count). The van der Waals surface area contributed by atoms with Gasteiger partial charge in [0.1, 0.15) is 11.8 Å². The van der Waals surface area contributed by atoms with Gasteiger partial charge in [0.05, 0.1) is 5.56 Å². The normalized spacial score (nSPS) is 20.2. The number of aldehydes is 1. The minimum atomic E-state index is -4.85. The molecule has 1 aromatic rings. The molecule has 11 heteroatoms. The molecule has 3 N–H and O–H groups in total. The van der Waals surface area contributed by atoms with Crippen LogP contribution in [0.15, 0.2) is 18.2 Å². The van der Waals surface area contributed by atoms with Crippen molar-refractivity contribution in [2.75, 3.05) is 24.6 Å². The molecule has 0 spiro atoms. The van der Waals surface area contributed by atoms with E-state index in [0.29, 0.717) is 25.1 Å². The largest absolute Gasteiger partial charge is 0.524 e. The molecule has 1 heterocycles. The molecule has 1 aliphatic heterocycles. The lowest BCUT2D eigenvalue weighted by atomic mass is 9.86. The van der Waals surface area contributed by atoms with E-state index in [1.165, 1.54) is 44.2 Å². The maximum absolute atomic E-state index is 13.1. The van der Waals surface area contributed by atoms with Crippen LogP contribution in [-0.2, 0) is 9.36 Å². The van der Waals surface area contributed by atoms with E-state index in [-0.39, 0.29) is 22.8 Å². The van der Waals surface area contributed by atoms with E-state index >= 15 is 0 Å². The Morgan fingerprint density at radius 3 is 2.73 bits per heavy atom. The van der Waals surface area contributed by atoms with E-state index in [4.69, 9.17) is 9.79 Å². The molecule has 2 amide bonds. The lowest BCUT2D eigenvalue weighted by Gasteiger charge is -2.26. The van der Waals surface area contributed by atoms with Crippen molar-refractivity contribution in [3.8, 4) is 5.75 Å². The maximum Gasteiger partial charge on any atom is 0.524 e. The highest BCUT2D eigenvalue weighted by atomic mass is 32.2. The molecule has 2 fully saturated rings. The third kappa shape index (κ3) is 7.84. The number of carbonyl (C=O) groups excluding carboxylic acids is 3. The highest BCUT2D eigenvalue weighted by Crippen LogP contribution is 2.39. The van der Waals surface area contributed by atoms with E-state index in [2.05, 4.69) is 9.84 Å². The number of phosphoric acid groups is 1. The summed E-state index contributed by atoms with van der Waals surface area (Å²) in [6, 6.07) is 2.96. The summed E-state index contributed by atoms with van der Waals surface area (Å²) in [6.45, 7) is 1.34. The molecule has 33 heavy (non-hydrogen) atoms. The van der Waals surface area contributed by atoms with Crippen LogP contribution in [0, 0.1) is 5.92 Å². The van der Waals surface area contributed by atoms with Gasteiger partial charge in [-0.3, -0.25) is 24.2 Å². The van der Waals surface area contributed by atoms with Crippen LogP contribution < -0.4 is 9.84 Å². The summed E-state index contributed by atoms with van der Waals surface area (Å²) >= 11 is 1.61. The SMILES string of the molecule is O=Cc1cc(C(=O)NC2CSCCN(CCCC3CCCCC3)C2=O)ccc1OP(=O)(O)O. The molecule has 1 atom stereocenters. The van der Waals surface area contributed by atoms with E-state index < -0.39 is 19.8 Å². The summed E-state index contributed by atoms with van der Waals surface area (Å²) in [6.07, 6.45) is 8.94. The minimum Gasteiger partial charge on any atom is -0.403 e. The van der Waals surface area contributed by atoms with Crippen LogP contribution in [0.4, 0.5) is 0 Å². The van der Waals surface area contributed by atoms with Crippen molar-refractivity contribution in [2.45, 2.75) is 51.0 Å². The van der Waals surface area contributed by atoms with Crippen molar-refractivity contribution in [1.82, 2.24) is 10.2 Å². The monoisotopic (exact) mass is 498 g/mol. The standard InChI is InChI=1S/C22H31N2O7PS/c25-14-18-13-17(8-9-20(18)31-32(28,29)30)21(26)23-19-15-33-12-11-24(22(19)27)10-4-7-16-5-2-1-3-6-16/h8-9,13-14,16,19H,1-7,10-12,15H2,(H,23,26)(H2,28,29,30). The van der Waals surface area contributed by atoms with Crippen LogP contribution in [0.2, 0.25) is 0 Å². The summed E-state index contributed by atoms with van der Waals surface area (Å²) in [5.41, 5.74) is -0.0714. The molecule has 2 aliphatic rings. The fourth-order valence-corrected chi connectivity index (χ4v) is 5.78. The summed E-state index contributed by atoms with van der Waals surface area (Å²) in [7, 11) is -4.85. The second-order valence-corrected chi connectivity index (χ2v) is 10.8. The first-order valence-electron chi connectivity index (χ1n) is 11.3. The van der Waals surface area contributed by atoms with Gasteiger partial charge < -0.3 is 14.7 Å². The Kier molecular flexibility index (Phi) is 9.37. The Balaban J connectivity index is 1.60. The quantitative estimate of drug-likeness (QED) is 0.350. The number of phosphoric ester groups is 1. The van der Waals surface area contributed by atoms with Crippen molar-refractivity contribution in [1.29, 1.82) is 0 Å². The first-order valence-corrected chi connectivity index (χ1v) is 14.0. The van der Waals surface area contributed by atoms with Gasteiger partial charge in [-0.1, -0.05) is 32.1 Å². The molecule has 0 bridgehead atoms. The minimum absolute atomic E-state index is 0.0982. The Morgan fingerprint density at radius 2 is 2.03 bits per heavy atom. The molecule has 1 saturated heterocycles. The molecule has 1 saturated carbocycles. The van der Waals surface area contributed by atoms with E-state index in [1.54, 1.807) is 11.8 Å². The zero-order valence-corrected chi connectivity index (χ0v) is 20.2. The first-order chi connectivity index (χ1) is 15.8. The fourth-order valence-electron chi connectivity index (χ4n) is 4.38. The van der Waals surface area contributed by atoms with Crippen molar-refractivity contribution >= 4 is 37.7 Å². The van der Waals surface area contributed by atoms with Gasteiger partial charge in [-0.25, -0.2) is 4.57 Å². The Hall–Kier alpha value is -1.87. The molecule has 1 aromatic carbocycles. The third-order valence-corrected chi connectivity index (χ3v) is 7.56. The van der Waals surface area contributed by atoms with E-state index in [0.717, 1.165) is 30.6 Å². The van der Waals surface area contributed by atoms with Crippen LogP contribution in [-0.4, -0.2) is 63.4 Å². The number of thioether (sulfide) groups is 1. The molecular formula is C22H31N2O7PS. The average Bonchev–Trinajstić information content (AvgIpc) is 2.95. The molecule has 1 unspecified atom stereocenters. The number of benzene rings is 1. The Morgan fingerprint density at radius 1 is 1.27 bits per heavy atom. The van der Waals surface area contributed by atoms with Gasteiger partial charge >= 0.3 is 7.82 Å². The lowest BCUT2D eigenvalue weighted by molar-refractivity contribution is -0.132. The predicted octanol–water partition coefficient (Wildman–Crippen LogP) is 3.00. The smallest absolute Gasteiger partial charge is 0.403 e. The third-order valence-electron chi connectivity index (χ3n) is 6.09. The predicted molar refractivity (Wildman–Crippen MR) is 125 cm³/mol. The highest BCUT2D eigenvalue weighted by Gasteiger charge is 2.29. The topological polar surface area (TPSA) is 133 Å². The van der Waals surface area contributed by atoms with Crippen molar-refractivity contribution < 1.29 is 33.3 Å². The Bertz CT molecular complexity index is 901. The molecule has 0 radical (unpaired) electrons. The molecule has 1 aliphatic carbocycles. The first kappa shape index (κ1) is 25.7. The number of nitrogens with zero attached hydrogens (tertiary/aromatic N) is 1. The van der Waals surface area contributed by atoms with Crippen molar-refractivity contribution in [3.05, 3.63) is 29.3 Å². The van der Waals surface area contributed by atoms with Gasteiger partial charge in [0.25, 0.3) is 5.91 Å². The van der Waals surface area contributed by atoms with Gasteiger partial charge in [-0.15, -0.1) is 0 Å². The van der Waals surface area contributed by atoms with Gasteiger partial charge in [0.2, 0.25) is 5.91 Å². The van der Waals surface area contributed by atoms with E-state index in [1.807, 2.05) is 4.90 Å². The number of amides is 2. The Labute approximate surface area is 197 Å². The molecule has 9 nitrogen and oxygen atoms in total. The highest BCUT2D eigenvalue weighted by molar-refractivity contribution is 7.99. The molecule has 0 aromatic heterocycles. The maximum atomic E-state index is 13.1. The number of carbonyl (C=O) groups is 3. The van der Waals surface area contributed by atoms with Gasteiger partial charge in [-0.2, -0.15) is 11.8 Å². The number of hydrogen-bond acceptors (Lipinski definition) is 6. The summed E-state index contributed by atoms with van der Waals surface area (Å²) < 4.78 is 15.5. The van der Waals surface area contributed by atoms with Crippen LogP contribution in [0.5, 0.6) is 5.75 Å². The number of nitrogens with one attached hydrogen (secondary N) is 1. The second-order valence-electron chi connectivity index (χ2n) is 8.52. The number of rotatable bonds is 9. The zero-order chi connectivity index (χ0) is 23.8. The van der Waals surface area contributed by atoms with Crippen LogP contribution in [0.3, 0.4) is 0 Å². The van der Waals surface area contributed by atoms with Crippen LogP contribution in [0.25, 0.3) is 0 Å². The van der Waals surface area contributed by atoms with Crippen LogP contribution >= 0.6 is 19.6 Å². The van der Waals surface area contributed by atoms with Gasteiger partial charge in [-0.05, 0) is 37.0 Å². The summed E-state index contributed by atoms with van der Waals surface area (Å²) in [4.78, 5) is 56.9. The van der Waals surface area contributed by atoms with Crippen molar-refractivity contribution in [2.24, 2.45) is 5.92 Å². The second kappa shape index (κ2) is 12.0. The molecular weight excluding hydrogens is 467 g/mol. The van der Waals surface area contributed by atoms with Crippen molar-refractivity contribution in [3.63, 3.8) is 0 Å². The van der Waals surface area contributed by atoms with E-state index in [9.17, 15) is 18.9 Å². The summed E-state index contributed by atoms with van der Waals surface area (Å²) in [5.74, 6) is 1.07. The van der Waals surface area contributed by atoms with Crippen LogP contribution in [0.1, 0.15) is 65.7 Å². The zero-order valence-electron chi connectivity index (χ0n) is 18.5.